The maximum Gasteiger partial charge on any atom is 0.306 e. The van der Waals surface area contributed by atoms with Gasteiger partial charge in [-0.25, -0.2) is 0 Å². The van der Waals surface area contributed by atoms with Gasteiger partial charge in [-0.15, -0.1) is 0 Å². The Bertz CT molecular complexity index is 1140. The van der Waals surface area contributed by atoms with Crippen LogP contribution in [0.5, 0.6) is 0 Å². The van der Waals surface area contributed by atoms with E-state index in [0.717, 1.165) is 57.8 Å². The number of quaternary nitrogens is 1. The molecule has 0 aliphatic heterocycles. The number of ether oxygens (including phenoxy) is 3. The van der Waals surface area contributed by atoms with Crippen LogP contribution in [0.2, 0.25) is 0 Å². The van der Waals surface area contributed by atoms with Gasteiger partial charge in [0.1, 0.15) is 12.6 Å². The third-order valence-corrected chi connectivity index (χ3v) is 11.2. The summed E-state index contributed by atoms with van der Waals surface area (Å²) in [6.07, 6.45) is 52.7. The summed E-state index contributed by atoms with van der Waals surface area (Å²) in [4.78, 5) is 37.0. The Morgan fingerprint density at radius 2 is 0.852 bits per heavy atom. The Morgan fingerprint density at radius 3 is 1.26 bits per heavy atom. The Labute approximate surface area is 376 Å². The van der Waals surface area contributed by atoms with Gasteiger partial charge in [0.25, 0.3) is 0 Å². The van der Waals surface area contributed by atoms with E-state index in [1.54, 1.807) is 21.1 Å². The molecule has 8 nitrogen and oxygen atoms in total. The van der Waals surface area contributed by atoms with E-state index in [0.29, 0.717) is 12.8 Å². The van der Waals surface area contributed by atoms with Gasteiger partial charge in [0.15, 0.2) is 6.10 Å². The van der Waals surface area contributed by atoms with Crippen molar-refractivity contribution in [2.45, 2.75) is 231 Å². The number of allylic oxidation sites excluding steroid dienone is 8. The molecule has 0 aromatic rings. The number of carbonyl (C=O) groups is 3. The molecule has 2 atom stereocenters. The molecular weight excluding hydrogens is 763 g/mol. The fourth-order valence-electron chi connectivity index (χ4n) is 7.29. The van der Waals surface area contributed by atoms with E-state index >= 15 is 0 Å². The summed E-state index contributed by atoms with van der Waals surface area (Å²) in [6.45, 7) is 4.63. The highest BCUT2D eigenvalue weighted by atomic mass is 16.6. The van der Waals surface area contributed by atoms with Gasteiger partial charge in [-0.05, 0) is 64.2 Å². The fraction of sp³-hybridized carbons (Fsp3) is 0.792. The van der Waals surface area contributed by atoms with Gasteiger partial charge in [-0.1, -0.05) is 184 Å². The van der Waals surface area contributed by atoms with Crippen LogP contribution in [-0.2, 0) is 28.6 Å². The van der Waals surface area contributed by atoms with Crippen LogP contribution >= 0.6 is 0 Å². The summed E-state index contributed by atoms with van der Waals surface area (Å²) in [5.41, 5.74) is 0. The number of unbranched alkanes of at least 4 members (excludes halogenated alkanes) is 25. The maximum absolute atomic E-state index is 12.8. The molecule has 2 unspecified atom stereocenters. The molecule has 0 saturated heterocycles. The second-order valence-corrected chi connectivity index (χ2v) is 18.1. The smallest absolute Gasteiger partial charge is 0.306 e. The topological polar surface area (TPSA) is 102 Å². The lowest BCUT2D eigenvalue weighted by molar-refractivity contribution is -0.889. The van der Waals surface area contributed by atoms with Gasteiger partial charge in [0.2, 0.25) is 0 Å². The van der Waals surface area contributed by atoms with Crippen molar-refractivity contribution in [1.82, 2.24) is 0 Å². The van der Waals surface area contributed by atoms with Crippen molar-refractivity contribution in [3.63, 3.8) is 0 Å². The number of carbonyl (C=O) groups excluding carboxylic acids is 3. The summed E-state index contributed by atoms with van der Waals surface area (Å²) in [6, 6.07) is -0.730. The van der Waals surface area contributed by atoms with Crippen LogP contribution in [0, 0.1) is 0 Å². The average Bonchev–Trinajstić information content (AvgIpc) is 3.22. The molecule has 354 valence electrons. The molecule has 0 amide bonds. The van der Waals surface area contributed by atoms with Crippen LogP contribution in [0.1, 0.15) is 219 Å². The summed E-state index contributed by atoms with van der Waals surface area (Å²) in [7, 11) is 5.41. The van der Waals surface area contributed by atoms with Crippen molar-refractivity contribution in [3.05, 3.63) is 48.6 Å². The molecule has 0 fully saturated rings. The molecule has 0 bridgehead atoms. The normalized spacial score (nSPS) is 13.3. The number of hydrogen-bond donors (Lipinski definition) is 0. The lowest BCUT2D eigenvalue weighted by Gasteiger charge is -2.34. The molecule has 0 saturated carbocycles. The van der Waals surface area contributed by atoms with E-state index in [4.69, 9.17) is 14.2 Å². The zero-order chi connectivity index (χ0) is 44.9. The molecule has 0 aliphatic rings. The fourth-order valence-corrected chi connectivity index (χ4v) is 7.29. The van der Waals surface area contributed by atoms with Crippen LogP contribution in [0.4, 0.5) is 0 Å². The van der Waals surface area contributed by atoms with Crippen LogP contribution < -0.4 is 5.11 Å². The maximum atomic E-state index is 12.8. The van der Waals surface area contributed by atoms with Crippen molar-refractivity contribution >= 4 is 17.9 Å². The summed E-state index contributed by atoms with van der Waals surface area (Å²) < 4.78 is 17.2. The summed E-state index contributed by atoms with van der Waals surface area (Å²) >= 11 is 0. The van der Waals surface area contributed by atoms with Gasteiger partial charge in [0, 0.05) is 19.3 Å². The van der Waals surface area contributed by atoms with E-state index < -0.39 is 18.1 Å². The molecule has 0 radical (unpaired) electrons. The lowest BCUT2D eigenvalue weighted by atomic mass is 10.1. The Balaban J connectivity index is 4.29. The molecule has 0 spiro atoms. The minimum atomic E-state index is -1.13. The minimum Gasteiger partial charge on any atom is -0.544 e. The minimum absolute atomic E-state index is 0.0334. The number of carboxylic acid groups (broad SMARTS) is 1. The quantitative estimate of drug-likeness (QED) is 0.0260. The summed E-state index contributed by atoms with van der Waals surface area (Å²) in [5, 5.41) is 11.7. The zero-order valence-electron chi connectivity index (χ0n) is 40.3. The largest absolute Gasteiger partial charge is 0.544 e. The highest BCUT2D eigenvalue weighted by molar-refractivity contribution is 5.70. The van der Waals surface area contributed by atoms with Gasteiger partial charge < -0.3 is 28.6 Å². The van der Waals surface area contributed by atoms with Crippen molar-refractivity contribution in [3.8, 4) is 0 Å². The second-order valence-electron chi connectivity index (χ2n) is 18.1. The van der Waals surface area contributed by atoms with Gasteiger partial charge in [-0.2, -0.15) is 0 Å². The van der Waals surface area contributed by atoms with E-state index in [1.165, 1.54) is 128 Å². The number of rotatable bonds is 45. The third kappa shape index (κ3) is 42.4. The molecule has 0 aromatic heterocycles. The second kappa shape index (κ2) is 43.9. The molecule has 8 heteroatoms. The van der Waals surface area contributed by atoms with Crippen LogP contribution in [-0.4, -0.2) is 75.5 Å². The summed E-state index contributed by atoms with van der Waals surface area (Å²) in [5.74, 6) is -1.75. The van der Waals surface area contributed by atoms with E-state index in [1.807, 2.05) is 0 Å². The number of hydrogen-bond acceptors (Lipinski definition) is 7. The highest BCUT2D eigenvalue weighted by Gasteiger charge is 2.25. The van der Waals surface area contributed by atoms with Crippen LogP contribution in [0.3, 0.4) is 0 Å². The van der Waals surface area contributed by atoms with Crippen molar-refractivity contribution in [2.24, 2.45) is 0 Å². The van der Waals surface area contributed by atoms with Crippen molar-refractivity contribution in [1.29, 1.82) is 0 Å². The van der Waals surface area contributed by atoms with Crippen LogP contribution in [0.25, 0.3) is 0 Å². The Morgan fingerprint density at radius 1 is 0.492 bits per heavy atom. The molecule has 0 rings (SSSR count). The lowest BCUT2D eigenvalue weighted by Crippen LogP contribution is -2.55. The predicted molar refractivity (Wildman–Crippen MR) is 254 cm³/mol. The number of likely N-dealkylation sites (N-methyl/N-ethyl adjacent to an activating group) is 1. The first-order valence-corrected chi connectivity index (χ1v) is 25.2. The third-order valence-electron chi connectivity index (χ3n) is 11.2. The number of nitrogens with zero attached hydrogens (tertiary/aromatic N) is 1. The first-order chi connectivity index (χ1) is 29.6. The van der Waals surface area contributed by atoms with Gasteiger partial charge >= 0.3 is 11.9 Å². The predicted octanol–water partition coefficient (Wildman–Crippen LogP) is 13.0. The molecule has 61 heavy (non-hydrogen) atoms. The molecule has 0 heterocycles. The number of carboxylic acids is 1. The van der Waals surface area contributed by atoms with E-state index in [-0.39, 0.29) is 42.7 Å². The SMILES string of the molecule is CCCCC/C=C/C=C/CCCCCCCCCCCCC(=O)OCC(COCCC(C(=O)[O-])[N+](C)(C)C)OC(=O)CCCCCCC/C=C/C=C/CCCCCCCCC. The van der Waals surface area contributed by atoms with Crippen LogP contribution in [0.15, 0.2) is 48.6 Å². The first kappa shape index (κ1) is 58.3. The van der Waals surface area contributed by atoms with Crippen molar-refractivity contribution < 1.29 is 38.2 Å². The Kier molecular flexibility index (Phi) is 42.0. The molecule has 0 aliphatic carbocycles. The number of aliphatic carboxylic acids is 1. The molecule has 0 aromatic carbocycles. The monoisotopic (exact) mass is 858 g/mol. The van der Waals surface area contributed by atoms with Crippen molar-refractivity contribution in [2.75, 3.05) is 41.0 Å². The highest BCUT2D eigenvalue weighted by Crippen LogP contribution is 2.15. The van der Waals surface area contributed by atoms with E-state index in [2.05, 4.69) is 62.5 Å². The molecular formula is C53H95NO7. The van der Waals surface area contributed by atoms with Gasteiger partial charge in [-0.3, -0.25) is 9.59 Å². The van der Waals surface area contributed by atoms with E-state index in [9.17, 15) is 19.5 Å². The van der Waals surface area contributed by atoms with Gasteiger partial charge in [0.05, 0.1) is 40.3 Å². The zero-order valence-corrected chi connectivity index (χ0v) is 40.3. The standard InChI is InChI=1S/C53H95NO7/c1-6-8-10-12-14-16-18-20-22-24-26-28-29-31-33-35-37-39-41-43-51(55)60-48-49(47-59-46-45-50(53(57)58)54(3,4)5)61-52(56)44-42-40-38-36-34-32-30-27-25-23-21-19-17-15-13-11-9-7-2/h14,16,18,20,23,25,27,30,49-50H,6-13,15,17,19,21-22,24,26,28-29,31-48H2,1-5H3/b16-14+,20-18+,25-23+,30-27+. The number of esters is 2. The average molecular weight is 858 g/mol. The Hall–Kier alpha value is -2.71. The molecule has 0 N–H and O–H groups in total. The first-order valence-electron chi connectivity index (χ1n) is 25.2.